The molecule has 0 aromatic heterocycles. The molecule has 1 aromatic rings. The van der Waals surface area contributed by atoms with Crippen LogP contribution in [0.25, 0.3) is 0 Å². The second-order valence-electron chi connectivity index (χ2n) is 8.04. The van der Waals surface area contributed by atoms with Crippen molar-refractivity contribution in [3.05, 3.63) is 27.8 Å². The van der Waals surface area contributed by atoms with E-state index in [0.717, 1.165) is 7.11 Å². The lowest BCUT2D eigenvalue weighted by atomic mass is 9.88. The van der Waals surface area contributed by atoms with Crippen molar-refractivity contribution in [3.8, 4) is 11.5 Å². The van der Waals surface area contributed by atoms with Gasteiger partial charge >= 0.3 is 47.6 Å². The van der Waals surface area contributed by atoms with Gasteiger partial charge in [-0.2, -0.15) is 74.6 Å². The minimum absolute atomic E-state index is 0.0489. The first-order valence-electron chi connectivity index (χ1n) is 10.2. The number of aldehydes is 1. The summed E-state index contributed by atoms with van der Waals surface area (Å²) in [6.07, 6.45) is -12.3. The summed E-state index contributed by atoms with van der Waals surface area (Å²) in [6.45, 7) is -1.35. The Balaban J connectivity index is 3.30. The number of nitro benzene ring substituents is 1. The van der Waals surface area contributed by atoms with E-state index in [1.54, 1.807) is 0 Å². The number of halogens is 17. The maximum absolute atomic E-state index is 13.9. The second kappa shape index (κ2) is 11.1. The van der Waals surface area contributed by atoms with E-state index in [2.05, 4.69) is 9.47 Å². The Labute approximate surface area is 220 Å². The van der Waals surface area contributed by atoms with Crippen LogP contribution in [0, 0.1) is 10.1 Å². The molecule has 1 rings (SSSR count). The van der Waals surface area contributed by atoms with Crippen LogP contribution in [0.4, 0.5) is 80.3 Å². The van der Waals surface area contributed by atoms with Crippen molar-refractivity contribution in [1.29, 1.82) is 0 Å². The summed E-state index contributed by atoms with van der Waals surface area (Å²) in [6, 6.07) is 1.09. The number of benzene rings is 1. The van der Waals surface area contributed by atoms with Crippen molar-refractivity contribution in [3.63, 3.8) is 0 Å². The number of rotatable bonds is 14. The maximum Gasteiger partial charge on any atom is 0.460 e. The summed E-state index contributed by atoms with van der Waals surface area (Å²) in [5, 5.41) is 11.0. The first-order valence-corrected chi connectivity index (χ1v) is 10.2. The quantitative estimate of drug-likeness (QED) is 0.0678. The molecule has 0 saturated carbocycles. The fourth-order valence-corrected chi connectivity index (χ4v) is 2.92. The molecule has 0 radical (unpaired) electrons. The monoisotopic (exact) mass is 657 g/mol. The van der Waals surface area contributed by atoms with Gasteiger partial charge < -0.3 is 9.47 Å². The average Bonchev–Trinajstić information content (AvgIpc) is 2.84. The second-order valence-corrected chi connectivity index (χ2v) is 8.04. The molecule has 0 saturated heterocycles. The number of nitrogens with zero attached hydrogens (tertiary/aromatic N) is 1. The first-order chi connectivity index (χ1) is 18.5. The highest BCUT2D eigenvalue weighted by molar-refractivity contribution is 5.83. The number of alkyl halides is 17. The van der Waals surface area contributed by atoms with E-state index >= 15 is 0 Å². The topological polar surface area (TPSA) is 78.7 Å². The van der Waals surface area contributed by atoms with Crippen LogP contribution >= 0.6 is 0 Å². The molecule has 0 aliphatic carbocycles. The normalized spacial score (nSPS) is 14.5. The minimum Gasteiger partial charge on any atom is -0.493 e. The van der Waals surface area contributed by atoms with Crippen LogP contribution in [-0.2, 0) is 0 Å². The van der Waals surface area contributed by atoms with Crippen LogP contribution in [0.15, 0.2) is 12.1 Å². The number of ether oxygens (including phenoxy) is 2. The van der Waals surface area contributed by atoms with Crippen LogP contribution in [0.5, 0.6) is 11.5 Å². The van der Waals surface area contributed by atoms with Gasteiger partial charge in [0.1, 0.15) is 0 Å². The predicted molar refractivity (Wildman–Crippen MR) is 100 cm³/mol. The number of carbonyl (C=O) groups is 1. The summed E-state index contributed by atoms with van der Waals surface area (Å²) in [5.74, 6) is -58.4. The van der Waals surface area contributed by atoms with Gasteiger partial charge in [-0.25, -0.2) is 0 Å². The summed E-state index contributed by atoms with van der Waals surface area (Å²) < 4.78 is 235. The van der Waals surface area contributed by atoms with Gasteiger partial charge in [0.05, 0.1) is 30.3 Å². The Bertz CT molecular complexity index is 1170. The van der Waals surface area contributed by atoms with E-state index in [1.807, 2.05) is 0 Å². The molecule has 0 bridgehead atoms. The van der Waals surface area contributed by atoms with Crippen molar-refractivity contribution in [1.82, 2.24) is 0 Å². The summed E-state index contributed by atoms with van der Waals surface area (Å²) in [4.78, 5) is 20.7. The molecule has 23 heteroatoms. The Kier molecular flexibility index (Phi) is 9.69. The molecule has 1 aromatic carbocycles. The molecule has 42 heavy (non-hydrogen) atoms. The highest BCUT2D eigenvalue weighted by Crippen LogP contribution is 2.64. The van der Waals surface area contributed by atoms with Crippen molar-refractivity contribution in [2.45, 2.75) is 60.5 Å². The zero-order valence-electron chi connectivity index (χ0n) is 19.8. The number of carbonyl (C=O) groups excluding carboxylic acids is 1. The molecule has 242 valence electrons. The van der Waals surface area contributed by atoms with E-state index in [9.17, 15) is 89.5 Å². The fraction of sp³-hybridized carbons (Fsp3) is 0.632. The lowest BCUT2D eigenvalue weighted by molar-refractivity contribution is -0.461. The van der Waals surface area contributed by atoms with E-state index < -0.39 is 94.8 Å². The SMILES string of the molecule is COc1cc(C=O)c([N+](=O)[O-])cc1OCCCC(F)(F)C(F)(F)C(F)(F)C(F)(F)C(F)(F)C(F)(F)C(F)(F)C(F)(F)F. The third kappa shape index (κ3) is 5.56. The van der Waals surface area contributed by atoms with E-state index in [0.29, 0.717) is 12.1 Å². The third-order valence-corrected chi connectivity index (χ3v) is 5.32. The summed E-state index contributed by atoms with van der Waals surface area (Å²) in [7, 11) is 0.865. The largest absolute Gasteiger partial charge is 0.493 e. The van der Waals surface area contributed by atoms with Crippen LogP contribution in [-0.4, -0.2) is 72.6 Å². The molecule has 0 amide bonds. The van der Waals surface area contributed by atoms with Crippen molar-refractivity contribution < 1.29 is 93.8 Å². The van der Waals surface area contributed by atoms with Gasteiger partial charge in [0.2, 0.25) is 0 Å². The summed E-state index contributed by atoms with van der Waals surface area (Å²) in [5.41, 5.74) is -1.62. The number of hydrogen-bond donors (Lipinski definition) is 0. The Morgan fingerprint density at radius 2 is 1.14 bits per heavy atom. The molecule has 6 nitrogen and oxygen atoms in total. The van der Waals surface area contributed by atoms with Crippen LogP contribution in [0.3, 0.4) is 0 Å². The fourth-order valence-electron chi connectivity index (χ4n) is 2.92. The molecule has 0 aliphatic rings. The Morgan fingerprint density at radius 1 is 0.714 bits per heavy atom. The number of hydrogen-bond acceptors (Lipinski definition) is 5. The average molecular weight is 657 g/mol. The Hall–Kier alpha value is -3.30. The van der Waals surface area contributed by atoms with Gasteiger partial charge in [0, 0.05) is 12.5 Å². The predicted octanol–water partition coefficient (Wildman–Crippen LogP) is 7.58. The van der Waals surface area contributed by atoms with Crippen LogP contribution in [0.2, 0.25) is 0 Å². The molecule has 0 unspecified atom stereocenters. The molecule has 0 N–H and O–H groups in total. The van der Waals surface area contributed by atoms with E-state index in [4.69, 9.17) is 0 Å². The highest BCUT2D eigenvalue weighted by atomic mass is 19.4. The molecular formula is C19H12F17NO5. The van der Waals surface area contributed by atoms with E-state index in [-0.39, 0.29) is 6.29 Å². The van der Waals surface area contributed by atoms with E-state index in [1.165, 1.54) is 0 Å². The van der Waals surface area contributed by atoms with Gasteiger partial charge in [-0.05, 0) is 6.42 Å². The van der Waals surface area contributed by atoms with Crippen molar-refractivity contribution in [2.75, 3.05) is 13.7 Å². The summed E-state index contributed by atoms with van der Waals surface area (Å²) >= 11 is 0. The zero-order valence-corrected chi connectivity index (χ0v) is 19.8. The number of nitro groups is 1. The van der Waals surface area contributed by atoms with Crippen LogP contribution < -0.4 is 9.47 Å². The van der Waals surface area contributed by atoms with Crippen molar-refractivity contribution in [2.24, 2.45) is 0 Å². The zero-order chi connectivity index (χ0) is 33.5. The third-order valence-electron chi connectivity index (χ3n) is 5.32. The van der Waals surface area contributed by atoms with Gasteiger partial charge in [-0.3, -0.25) is 14.9 Å². The molecule has 0 fully saturated rings. The Morgan fingerprint density at radius 3 is 1.52 bits per heavy atom. The first kappa shape index (κ1) is 36.7. The molecular weight excluding hydrogens is 645 g/mol. The van der Waals surface area contributed by atoms with Crippen molar-refractivity contribution >= 4 is 12.0 Å². The number of methoxy groups -OCH3 is 1. The molecule has 0 heterocycles. The molecule has 0 atom stereocenters. The van der Waals surface area contributed by atoms with Gasteiger partial charge in [-0.15, -0.1) is 0 Å². The highest BCUT2D eigenvalue weighted by Gasteiger charge is 2.95. The molecule has 0 spiro atoms. The maximum atomic E-state index is 13.9. The van der Waals surface area contributed by atoms with Gasteiger partial charge in [0.15, 0.2) is 17.8 Å². The molecule has 0 aliphatic heterocycles. The lowest BCUT2D eigenvalue weighted by Crippen LogP contribution is -2.74. The standard InChI is InChI=1S/C19H12F17NO5/c1-41-10-5-8(7-38)9(37(39)40)6-11(10)42-4-2-3-12(20,21)13(22,23)14(24,25)15(26,27)16(28,29)17(30,31)18(32,33)19(34,35)36/h5-7H,2-4H2,1H3. The smallest absolute Gasteiger partial charge is 0.460 e. The minimum atomic E-state index is -8.72. The lowest BCUT2D eigenvalue weighted by Gasteiger charge is -2.42. The van der Waals surface area contributed by atoms with Crippen LogP contribution in [0.1, 0.15) is 23.2 Å². The van der Waals surface area contributed by atoms with Gasteiger partial charge in [0.25, 0.3) is 5.69 Å². The van der Waals surface area contributed by atoms with Gasteiger partial charge in [-0.1, -0.05) is 0 Å².